The number of Topliss-reactive ketones (excluding diaryl/α,β-unsaturated/α-hetero) is 1. The van der Waals surface area contributed by atoms with Gasteiger partial charge in [0.15, 0.2) is 0 Å². The van der Waals surface area contributed by atoms with E-state index in [1.54, 1.807) is 0 Å². The van der Waals surface area contributed by atoms with Crippen molar-refractivity contribution in [3.05, 3.63) is 65.2 Å². The zero-order valence-electron chi connectivity index (χ0n) is 21.4. The number of nitrogens with zero attached hydrogens (tertiary/aromatic N) is 2. The van der Waals surface area contributed by atoms with Gasteiger partial charge in [-0.05, 0) is 68.4 Å². The van der Waals surface area contributed by atoms with Gasteiger partial charge in [0.25, 0.3) is 0 Å². The van der Waals surface area contributed by atoms with E-state index >= 15 is 0 Å². The first-order valence-corrected chi connectivity index (χ1v) is 13.5. The number of carbonyl (C=O) groups is 2. The second-order valence-electron chi connectivity index (χ2n) is 9.82. The molecule has 1 fully saturated rings. The third-order valence-electron chi connectivity index (χ3n) is 6.99. The molecular formula is C29H40ClN3O2. The molecule has 0 spiro atoms. The van der Waals surface area contributed by atoms with Crippen LogP contribution in [0.1, 0.15) is 62.6 Å². The standard InChI is InChI=1S/C29H40ClN3O2/c1-4-7-23(3)32-16-14-27(15-17-32)33(29(35)31-26-11-5-8-22(2)18-26)21-25-10-6-9-24(19-25)12-13-28(34)20-30/h5-6,8-11,18-19,23,27H,4,7,12-17,20-21H2,1-3H3,(H,31,35). The van der Waals surface area contributed by atoms with Crippen molar-refractivity contribution >= 4 is 29.1 Å². The number of hydrogen-bond donors (Lipinski definition) is 1. The summed E-state index contributed by atoms with van der Waals surface area (Å²) in [5, 5.41) is 3.13. The Labute approximate surface area is 215 Å². The number of halogens is 1. The lowest BCUT2D eigenvalue weighted by Gasteiger charge is -2.40. The number of piperidine rings is 1. The highest BCUT2D eigenvalue weighted by molar-refractivity contribution is 6.27. The van der Waals surface area contributed by atoms with Crippen molar-refractivity contribution in [1.82, 2.24) is 9.80 Å². The molecule has 1 N–H and O–H groups in total. The molecule has 1 unspecified atom stereocenters. The molecule has 1 aliphatic rings. The zero-order valence-corrected chi connectivity index (χ0v) is 22.2. The lowest BCUT2D eigenvalue weighted by Crippen LogP contribution is -2.50. The molecule has 35 heavy (non-hydrogen) atoms. The monoisotopic (exact) mass is 497 g/mol. The molecule has 0 radical (unpaired) electrons. The molecule has 1 atom stereocenters. The van der Waals surface area contributed by atoms with Gasteiger partial charge in [-0.25, -0.2) is 4.79 Å². The fraction of sp³-hybridized carbons (Fsp3) is 0.517. The maximum atomic E-state index is 13.5. The van der Waals surface area contributed by atoms with Crippen LogP contribution in [0.25, 0.3) is 0 Å². The summed E-state index contributed by atoms with van der Waals surface area (Å²) in [5.74, 6) is 0.114. The van der Waals surface area contributed by atoms with E-state index in [1.807, 2.05) is 48.2 Å². The minimum absolute atomic E-state index is 0.0558. The lowest BCUT2D eigenvalue weighted by molar-refractivity contribution is -0.116. The van der Waals surface area contributed by atoms with Gasteiger partial charge in [-0.15, -0.1) is 11.6 Å². The van der Waals surface area contributed by atoms with E-state index in [9.17, 15) is 9.59 Å². The average molecular weight is 498 g/mol. The van der Waals surface area contributed by atoms with Gasteiger partial charge in [-0.2, -0.15) is 0 Å². The molecule has 3 rings (SSSR count). The molecule has 1 heterocycles. The largest absolute Gasteiger partial charge is 0.322 e. The van der Waals surface area contributed by atoms with Crippen molar-refractivity contribution in [1.29, 1.82) is 0 Å². The molecular weight excluding hydrogens is 458 g/mol. The number of amides is 2. The van der Waals surface area contributed by atoms with E-state index in [1.165, 1.54) is 12.8 Å². The smallest absolute Gasteiger partial charge is 0.317 e. The quantitative estimate of drug-likeness (QED) is 0.364. The van der Waals surface area contributed by atoms with Gasteiger partial charge >= 0.3 is 6.03 Å². The van der Waals surface area contributed by atoms with Crippen LogP contribution < -0.4 is 5.32 Å². The van der Waals surface area contributed by atoms with Crippen LogP contribution in [0.2, 0.25) is 0 Å². The molecule has 2 aromatic rings. The van der Waals surface area contributed by atoms with Crippen molar-refractivity contribution in [3.63, 3.8) is 0 Å². The van der Waals surface area contributed by atoms with Gasteiger partial charge in [0.1, 0.15) is 5.78 Å². The first kappa shape index (κ1) is 27.2. The number of aryl methyl sites for hydroxylation is 2. The molecule has 0 bridgehead atoms. The number of alkyl halides is 1. The molecule has 5 nitrogen and oxygen atoms in total. The van der Waals surface area contributed by atoms with Crippen LogP contribution in [0.15, 0.2) is 48.5 Å². The maximum Gasteiger partial charge on any atom is 0.322 e. The highest BCUT2D eigenvalue weighted by atomic mass is 35.5. The molecule has 0 saturated carbocycles. The highest BCUT2D eigenvalue weighted by Gasteiger charge is 2.29. The van der Waals surface area contributed by atoms with Gasteiger partial charge in [-0.3, -0.25) is 4.79 Å². The van der Waals surface area contributed by atoms with E-state index in [2.05, 4.69) is 36.2 Å². The number of anilines is 1. The average Bonchev–Trinajstić information content (AvgIpc) is 2.86. The normalized spacial score (nSPS) is 15.5. The molecule has 1 aliphatic heterocycles. The topological polar surface area (TPSA) is 52.7 Å². The Morgan fingerprint density at radius 1 is 1.11 bits per heavy atom. The summed E-state index contributed by atoms with van der Waals surface area (Å²) >= 11 is 5.66. The Morgan fingerprint density at radius 2 is 1.83 bits per heavy atom. The fourth-order valence-corrected chi connectivity index (χ4v) is 5.09. The first-order valence-electron chi connectivity index (χ1n) is 12.9. The van der Waals surface area contributed by atoms with E-state index < -0.39 is 0 Å². The number of carbonyl (C=O) groups excluding carboxylic acids is 2. The number of benzene rings is 2. The SMILES string of the molecule is CCCC(C)N1CCC(N(Cc2cccc(CCC(=O)CCl)c2)C(=O)Nc2cccc(C)c2)CC1. The maximum absolute atomic E-state index is 13.5. The predicted octanol–water partition coefficient (Wildman–Crippen LogP) is 6.42. The van der Waals surface area contributed by atoms with Crippen LogP contribution >= 0.6 is 11.6 Å². The minimum atomic E-state index is -0.0571. The molecule has 0 aromatic heterocycles. The van der Waals surface area contributed by atoms with Crippen molar-refractivity contribution in [2.45, 2.75) is 77.9 Å². The van der Waals surface area contributed by atoms with Crippen LogP contribution in [0.4, 0.5) is 10.5 Å². The summed E-state index contributed by atoms with van der Waals surface area (Å²) in [7, 11) is 0. The van der Waals surface area contributed by atoms with Crippen molar-refractivity contribution in [3.8, 4) is 0 Å². The predicted molar refractivity (Wildman–Crippen MR) is 145 cm³/mol. The third kappa shape index (κ3) is 8.36. The van der Waals surface area contributed by atoms with Crippen molar-refractivity contribution in [2.24, 2.45) is 0 Å². The summed E-state index contributed by atoms with van der Waals surface area (Å²) in [6.07, 6.45) is 5.46. The van der Waals surface area contributed by atoms with Gasteiger partial charge in [-0.1, -0.05) is 49.7 Å². The van der Waals surface area contributed by atoms with E-state index in [0.29, 0.717) is 25.4 Å². The van der Waals surface area contributed by atoms with E-state index in [0.717, 1.165) is 48.3 Å². The van der Waals surface area contributed by atoms with Crippen molar-refractivity contribution < 1.29 is 9.59 Å². The molecule has 2 aromatic carbocycles. The fourth-order valence-electron chi connectivity index (χ4n) is 4.95. The molecule has 1 saturated heterocycles. The summed E-state index contributed by atoms with van der Waals surface area (Å²) in [6, 6.07) is 16.9. The Hall–Kier alpha value is -2.37. The molecule has 190 valence electrons. The lowest BCUT2D eigenvalue weighted by atomic mass is 9.99. The second-order valence-corrected chi connectivity index (χ2v) is 10.1. The second kappa shape index (κ2) is 13.6. The van der Waals surface area contributed by atoms with Crippen LogP contribution in [0, 0.1) is 6.92 Å². The summed E-state index contributed by atoms with van der Waals surface area (Å²) in [5.41, 5.74) is 4.12. The molecule has 2 amide bonds. The number of hydrogen-bond acceptors (Lipinski definition) is 3. The Balaban J connectivity index is 1.74. The van der Waals surface area contributed by atoms with Crippen molar-refractivity contribution in [2.75, 3.05) is 24.3 Å². The van der Waals surface area contributed by atoms with Crippen LogP contribution in [-0.4, -0.2) is 52.7 Å². The number of likely N-dealkylation sites (tertiary alicyclic amines) is 1. The zero-order chi connectivity index (χ0) is 25.2. The number of rotatable bonds is 11. The van der Waals surface area contributed by atoms with Crippen LogP contribution in [0.3, 0.4) is 0 Å². The Morgan fingerprint density at radius 3 is 2.51 bits per heavy atom. The molecule has 0 aliphatic carbocycles. The minimum Gasteiger partial charge on any atom is -0.317 e. The van der Waals surface area contributed by atoms with E-state index in [4.69, 9.17) is 11.6 Å². The summed E-state index contributed by atoms with van der Waals surface area (Å²) < 4.78 is 0. The summed E-state index contributed by atoms with van der Waals surface area (Å²) in [4.78, 5) is 29.8. The third-order valence-corrected chi connectivity index (χ3v) is 7.28. The number of nitrogens with one attached hydrogen (secondary N) is 1. The molecule has 6 heteroatoms. The number of urea groups is 1. The van der Waals surface area contributed by atoms with Gasteiger partial charge < -0.3 is 15.1 Å². The first-order chi connectivity index (χ1) is 16.9. The Kier molecular flexibility index (Phi) is 10.6. The van der Waals surface area contributed by atoms with Gasteiger partial charge in [0, 0.05) is 43.8 Å². The Bertz CT molecular complexity index is 972. The van der Waals surface area contributed by atoms with E-state index in [-0.39, 0.29) is 23.7 Å². The number of ketones is 1. The van der Waals surface area contributed by atoms with Crippen LogP contribution in [-0.2, 0) is 17.8 Å². The van der Waals surface area contributed by atoms with Gasteiger partial charge in [0.05, 0.1) is 5.88 Å². The summed E-state index contributed by atoms with van der Waals surface area (Å²) in [6.45, 7) is 9.15. The van der Waals surface area contributed by atoms with Gasteiger partial charge in [0.2, 0.25) is 0 Å². The highest BCUT2D eigenvalue weighted by Crippen LogP contribution is 2.23. The van der Waals surface area contributed by atoms with Crippen LogP contribution in [0.5, 0.6) is 0 Å².